The first kappa shape index (κ1) is 26.0. The van der Waals surface area contributed by atoms with E-state index in [1.807, 2.05) is 13.0 Å². The number of hydrogen-bond acceptors (Lipinski definition) is 4. The van der Waals surface area contributed by atoms with Crippen molar-refractivity contribution in [2.45, 2.75) is 71.8 Å². The number of hydrazine groups is 1. The van der Waals surface area contributed by atoms with Crippen molar-refractivity contribution in [3.8, 4) is 5.75 Å². The predicted octanol–water partition coefficient (Wildman–Crippen LogP) is 5.10. The fraction of sp³-hybridized carbons (Fsp3) is 0.462. The molecule has 4 N–H and O–H groups in total. The van der Waals surface area contributed by atoms with Crippen LogP contribution in [-0.4, -0.2) is 25.1 Å². The van der Waals surface area contributed by atoms with Crippen LogP contribution in [-0.2, 0) is 15.6 Å². The van der Waals surface area contributed by atoms with Gasteiger partial charge >= 0.3 is 6.03 Å². The van der Waals surface area contributed by atoms with Crippen molar-refractivity contribution in [2.24, 2.45) is 5.73 Å². The molecule has 1 atom stereocenters. The summed E-state index contributed by atoms with van der Waals surface area (Å²) < 4.78 is 6.46. The lowest BCUT2D eigenvalue weighted by molar-refractivity contribution is -0.109. The van der Waals surface area contributed by atoms with E-state index >= 15 is 0 Å². The van der Waals surface area contributed by atoms with Crippen LogP contribution < -0.4 is 26.2 Å². The summed E-state index contributed by atoms with van der Waals surface area (Å²) in [5, 5.41) is 0. The summed E-state index contributed by atoms with van der Waals surface area (Å²) in [7, 11) is 0. The number of hydrogen-bond donors (Lipinski definition) is 3. The Bertz CT molecular complexity index is 943. The minimum Gasteiger partial charge on any atom is -0.488 e. The van der Waals surface area contributed by atoms with Crippen LogP contribution in [0.3, 0.4) is 0 Å². The SMILES string of the molecule is CCC(CN(C(N)=O)c1ccc(NNC=O)cc1)Oc1ccc(C(C)(C)C)cc1C(C)(C)C. The number of carbonyl (C=O) groups excluding carboxylic acids is 2. The van der Waals surface area contributed by atoms with Crippen LogP contribution in [0.4, 0.5) is 16.2 Å². The molecule has 0 saturated heterocycles. The Hall–Kier alpha value is -3.22. The molecule has 2 rings (SSSR count). The van der Waals surface area contributed by atoms with Crippen LogP contribution in [0.25, 0.3) is 0 Å². The number of urea groups is 1. The lowest BCUT2D eigenvalue weighted by atomic mass is 9.80. The highest BCUT2D eigenvalue weighted by molar-refractivity contribution is 5.91. The largest absolute Gasteiger partial charge is 0.488 e. The molecule has 0 aliphatic heterocycles. The predicted molar refractivity (Wildman–Crippen MR) is 135 cm³/mol. The van der Waals surface area contributed by atoms with Gasteiger partial charge in [0.2, 0.25) is 6.41 Å². The summed E-state index contributed by atoms with van der Waals surface area (Å²) >= 11 is 0. The first-order valence-electron chi connectivity index (χ1n) is 11.3. The van der Waals surface area contributed by atoms with Gasteiger partial charge < -0.3 is 10.5 Å². The van der Waals surface area contributed by atoms with Crippen molar-refractivity contribution in [2.75, 3.05) is 16.9 Å². The monoisotopic (exact) mass is 454 g/mol. The topological polar surface area (TPSA) is 96.7 Å². The molecule has 7 nitrogen and oxygen atoms in total. The molecule has 0 spiro atoms. The van der Waals surface area contributed by atoms with Gasteiger partial charge in [0.15, 0.2) is 0 Å². The van der Waals surface area contributed by atoms with E-state index in [1.165, 1.54) is 10.5 Å². The Morgan fingerprint density at radius 3 is 2.18 bits per heavy atom. The number of benzene rings is 2. The van der Waals surface area contributed by atoms with E-state index in [0.717, 1.165) is 11.3 Å². The van der Waals surface area contributed by atoms with E-state index < -0.39 is 6.03 Å². The van der Waals surface area contributed by atoms with Gasteiger partial charge in [-0.05, 0) is 58.7 Å². The lowest BCUT2D eigenvalue weighted by Gasteiger charge is -2.31. The highest BCUT2D eigenvalue weighted by atomic mass is 16.5. The van der Waals surface area contributed by atoms with Gasteiger partial charge in [-0.1, -0.05) is 60.6 Å². The average molecular weight is 455 g/mol. The molecule has 3 amide bonds. The van der Waals surface area contributed by atoms with Crippen molar-refractivity contribution in [3.05, 3.63) is 53.6 Å². The zero-order chi connectivity index (χ0) is 24.8. The van der Waals surface area contributed by atoms with Gasteiger partial charge in [-0.15, -0.1) is 0 Å². The molecule has 0 aliphatic carbocycles. The molecule has 1 unspecified atom stereocenters. The molecule has 0 fully saturated rings. The number of anilines is 2. The summed E-state index contributed by atoms with van der Waals surface area (Å²) in [4.78, 5) is 24.2. The molecule has 0 aliphatic rings. The van der Waals surface area contributed by atoms with E-state index in [4.69, 9.17) is 10.5 Å². The maximum absolute atomic E-state index is 12.3. The maximum Gasteiger partial charge on any atom is 0.319 e. The van der Waals surface area contributed by atoms with E-state index in [9.17, 15) is 9.59 Å². The van der Waals surface area contributed by atoms with E-state index in [2.05, 4.69) is 64.5 Å². The summed E-state index contributed by atoms with van der Waals surface area (Å²) in [5.41, 5.74) is 14.5. The molecule has 0 bridgehead atoms. The number of carbonyl (C=O) groups is 2. The van der Waals surface area contributed by atoms with Crippen LogP contribution in [0, 0.1) is 0 Å². The number of amides is 3. The number of primary amides is 1. The quantitative estimate of drug-likeness (QED) is 0.363. The molecule has 0 heterocycles. The second-order valence-electron chi connectivity index (χ2n) is 10.2. The van der Waals surface area contributed by atoms with Gasteiger partial charge in [-0.2, -0.15) is 0 Å². The second-order valence-corrected chi connectivity index (χ2v) is 10.2. The first-order valence-corrected chi connectivity index (χ1v) is 11.3. The third-order valence-electron chi connectivity index (χ3n) is 5.51. The minimum absolute atomic E-state index is 0.0354. The summed E-state index contributed by atoms with van der Waals surface area (Å²) in [6, 6.07) is 12.9. The van der Waals surface area contributed by atoms with Gasteiger partial charge in [0.25, 0.3) is 0 Å². The van der Waals surface area contributed by atoms with Crippen molar-refractivity contribution >= 4 is 23.8 Å². The molecule has 2 aromatic rings. The summed E-state index contributed by atoms with van der Waals surface area (Å²) in [5.74, 6) is 0.825. The Morgan fingerprint density at radius 2 is 1.70 bits per heavy atom. The number of nitrogens with two attached hydrogens (primary N) is 1. The van der Waals surface area contributed by atoms with Crippen LogP contribution >= 0.6 is 0 Å². The smallest absolute Gasteiger partial charge is 0.319 e. The molecule has 180 valence electrons. The van der Waals surface area contributed by atoms with Gasteiger partial charge in [0, 0.05) is 5.69 Å². The average Bonchev–Trinajstić information content (AvgIpc) is 2.74. The Balaban J connectivity index is 2.29. The summed E-state index contributed by atoms with van der Waals surface area (Å²) in [6.07, 6.45) is 1.01. The third-order valence-corrected chi connectivity index (χ3v) is 5.51. The van der Waals surface area contributed by atoms with E-state index in [0.29, 0.717) is 30.8 Å². The zero-order valence-electron chi connectivity index (χ0n) is 20.9. The van der Waals surface area contributed by atoms with Crippen molar-refractivity contribution < 1.29 is 14.3 Å². The molecule has 0 saturated carbocycles. The van der Waals surface area contributed by atoms with Crippen LogP contribution in [0.5, 0.6) is 5.75 Å². The van der Waals surface area contributed by atoms with E-state index in [1.54, 1.807) is 24.3 Å². The maximum atomic E-state index is 12.3. The standard InChI is InChI=1S/C26H38N4O3/c1-8-21(16-30(24(27)32)20-12-10-19(11-13-20)29-28-17-31)33-23-14-9-18(25(2,3)4)15-22(23)26(5,6)7/h9-15,17,21,29H,8,16H2,1-7H3,(H2,27,32)(H,28,31). The van der Waals surface area contributed by atoms with Gasteiger partial charge in [0.05, 0.1) is 12.2 Å². The number of rotatable bonds is 9. The van der Waals surface area contributed by atoms with Crippen molar-refractivity contribution in [1.29, 1.82) is 0 Å². The number of ether oxygens (including phenoxy) is 1. The minimum atomic E-state index is -0.553. The molecular formula is C26H38N4O3. The second kappa shape index (κ2) is 10.6. The number of nitrogens with one attached hydrogen (secondary N) is 2. The fourth-order valence-electron chi connectivity index (χ4n) is 3.48. The highest BCUT2D eigenvalue weighted by Gasteiger charge is 2.25. The lowest BCUT2D eigenvalue weighted by Crippen LogP contribution is -2.43. The molecular weight excluding hydrogens is 416 g/mol. The Morgan fingerprint density at radius 1 is 1.06 bits per heavy atom. The highest BCUT2D eigenvalue weighted by Crippen LogP contribution is 2.36. The van der Waals surface area contributed by atoms with Crippen LogP contribution in [0.1, 0.15) is 66.0 Å². The normalized spacial score (nSPS) is 12.6. The first-order chi connectivity index (χ1) is 15.4. The molecule has 0 aromatic heterocycles. The van der Waals surface area contributed by atoms with Gasteiger partial charge in [-0.25, -0.2) is 4.79 Å². The molecule has 2 aromatic carbocycles. The van der Waals surface area contributed by atoms with Crippen LogP contribution in [0.2, 0.25) is 0 Å². The van der Waals surface area contributed by atoms with Crippen molar-refractivity contribution in [3.63, 3.8) is 0 Å². The van der Waals surface area contributed by atoms with E-state index in [-0.39, 0.29) is 16.9 Å². The summed E-state index contributed by atoms with van der Waals surface area (Å²) in [6.45, 7) is 15.5. The fourth-order valence-corrected chi connectivity index (χ4v) is 3.48. The molecule has 7 heteroatoms. The number of nitrogens with zero attached hydrogens (tertiary/aromatic N) is 1. The van der Waals surface area contributed by atoms with Gasteiger partial charge in [-0.3, -0.25) is 20.5 Å². The van der Waals surface area contributed by atoms with Crippen molar-refractivity contribution in [1.82, 2.24) is 5.43 Å². The zero-order valence-corrected chi connectivity index (χ0v) is 20.9. The van der Waals surface area contributed by atoms with Gasteiger partial charge in [0.1, 0.15) is 11.9 Å². The van der Waals surface area contributed by atoms with Crippen LogP contribution in [0.15, 0.2) is 42.5 Å². The Kier molecular flexibility index (Phi) is 8.36. The molecule has 0 radical (unpaired) electrons. The Labute approximate surface area is 197 Å². The molecule has 33 heavy (non-hydrogen) atoms. The third kappa shape index (κ3) is 7.14.